The zero-order valence-corrected chi connectivity index (χ0v) is 17.8. The molecule has 5 nitrogen and oxygen atoms in total. The fourth-order valence-electron chi connectivity index (χ4n) is 4.25. The Balaban J connectivity index is 1.56. The molecule has 1 N–H and O–H groups in total. The van der Waals surface area contributed by atoms with Crippen molar-refractivity contribution in [3.8, 4) is 10.4 Å². The van der Waals surface area contributed by atoms with Crippen LogP contribution in [0.5, 0.6) is 0 Å². The van der Waals surface area contributed by atoms with E-state index in [1.54, 1.807) is 41.6 Å². The summed E-state index contributed by atoms with van der Waals surface area (Å²) in [5, 5.41) is 4.91. The number of nitrogens with zero attached hydrogens (tertiary/aromatic N) is 2. The number of rotatable bonds is 5. The Morgan fingerprint density at radius 1 is 1.13 bits per heavy atom. The molecule has 1 aromatic carbocycles. The standard InChI is InChI=1S/C24H25N3O2S/c1-25-23(29)24(16-18-8-10-19(11-9-18)21-7-4-15-30-21)12-5-14-27(17-24)22(28)20-6-2-3-13-26-20/h2-4,6-11,13,15H,5,12,14,16-17H2,1H3,(H,25,29)/t24-/m1/s1. The Morgan fingerprint density at radius 3 is 2.63 bits per heavy atom. The molecule has 6 heteroatoms. The van der Waals surface area contributed by atoms with Gasteiger partial charge in [0.2, 0.25) is 5.91 Å². The summed E-state index contributed by atoms with van der Waals surface area (Å²) in [5.41, 5.74) is 2.07. The monoisotopic (exact) mass is 419 g/mol. The Morgan fingerprint density at radius 2 is 1.97 bits per heavy atom. The number of aromatic nitrogens is 1. The maximum absolute atomic E-state index is 13.0. The van der Waals surface area contributed by atoms with E-state index in [9.17, 15) is 9.59 Å². The molecule has 0 unspecified atom stereocenters. The number of pyridine rings is 1. The minimum atomic E-state index is -0.637. The van der Waals surface area contributed by atoms with Crippen molar-refractivity contribution in [2.75, 3.05) is 20.1 Å². The summed E-state index contributed by atoms with van der Waals surface area (Å²) in [7, 11) is 1.67. The highest BCUT2D eigenvalue weighted by Crippen LogP contribution is 2.35. The van der Waals surface area contributed by atoms with E-state index in [-0.39, 0.29) is 11.8 Å². The van der Waals surface area contributed by atoms with Crippen LogP contribution < -0.4 is 5.32 Å². The SMILES string of the molecule is CNC(=O)[C@@]1(Cc2ccc(-c3cccs3)cc2)CCCN(C(=O)c2ccccn2)C1. The summed E-state index contributed by atoms with van der Waals surface area (Å²) < 4.78 is 0. The Hall–Kier alpha value is -2.99. The molecule has 0 spiro atoms. The maximum Gasteiger partial charge on any atom is 0.272 e. The van der Waals surface area contributed by atoms with Gasteiger partial charge in [0.1, 0.15) is 5.69 Å². The third kappa shape index (κ3) is 4.14. The van der Waals surface area contributed by atoms with Gasteiger partial charge in [0.25, 0.3) is 5.91 Å². The molecule has 0 radical (unpaired) electrons. The van der Waals surface area contributed by atoms with Crippen molar-refractivity contribution in [3.05, 3.63) is 77.4 Å². The van der Waals surface area contributed by atoms with E-state index < -0.39 is 5.41 Å². The van der Waals surface area contributed by atoms with E-state index >= 15 is 0 Å². The molecule has 2 amide bonds. The molecule has 0 aliphatic carbocycles. The van der Waals surface area contributed by atoms with Crippen LogP contribution in [0.15, 0.2) is 66.2 Å². The number of benzene rings is 1. The summed E-state index contributed by atoms with van der Waals surface area (Å²) in [6.07, 6.45) is 3.77. The van der Waals surface area contributed by atoms with Gasteiger partial charge < -0.3 is 10.2 Å². The van der Waals surface area contributed by atoms with Gasteiger partial charge in [-0.1, -0.05) is 36.4 Å². The first-order valence-electron chi connectivity index (χ1n) is 10.2. The molecule has 0 saturated carbocycles. The first-order chi connectivity index (χ1) is 14.6. The van der Waals surface area contributed by atoms with Gasteiger partial charge in [0, 0.05) is 31.2 Å². The highest BCUT2D eigenvalue weighted by Gasteiger charge is 2.43. The fraction of sp³-hybridized carbons (Fsp3) is 0.292. The fourth-order valence-corrected chi connectivity index (χ4v) is 4.98. The lowest BCUT2D eigenvalue weighted by Gasteiger charge is -2.41. The van der Waals surface area contributed by atoms with Gasteiger partial charge >= 0.3 is 0 Å². The number of carbonyl (C=O) groups excluding carboxylic acids is 2. The van der Waals surface area contributed by atoms with Crippen LogP contribution in [-0.4, -0.2) is 41.8 Å². The van der Waals surface area contributed by atoms with Gasteiger partial charge in [-0.15, -0.1) is 11.3 Å². The summed E-state index contributed by atoms with van der Waals surface area (Å²) in [4.78, 5) is 33.2. The van der Waals surface area contributed by atoms with Crippen LogP contribution >= 0.6 is 11.3 Å². The number of hydrogen-bond donors (Lipinski definition) is 1. The summed E-state index contributed by atoms with van der Waals surface area (Å²) >= 11 is 1.71. The summed E-state index contributed by atoms with van der Waals surface area (Å²) in [5.74, 6) is -0.125. The summed E-state index contributed by atoms with van der Waals surface area (Å²) in [6, 6.07) is 17.9. The van der Waals surface area contributed by atoms with Gasteiger partial charge in [-0.3, -0.25) is 14.6 Å². The number of thiophene rings is 1. The number of carbonyl (C=O) groups is 2. The smallest absolute Gasteiger partial charge is 0.272 e. The van der Waals surface area contributed by atoms with Crippen LogP contribution in [0.25, 0.3) is 10.4 Å². The number of amides is 2. The zero-order valence-electron chi connectivity index (χ0n) is 17.0. The number of hydrogen-bond acceptors (Lipinski definition) is 4. The van der Waals surface area contributed by atoms with Crippen LogP contribution in [0.4, 0.5) is 0 Å². The van der Waals surface area contributed by atoms with Gasteiger partial charge in [-0.05, 0) is 54.0 Å². The molecular weight excluding hydrogens is 394 g/mol. The molecule has 3 heterocycles. The molecule has 1 aliphatic rings. The van der Waals surface area contributed by atoms with Crippen molar-refractivity contribution < 1.29 is 9.59 Å². The lowest BCUT2D eigenvalue weighted by molar-refractivity contribution is -0.133. The molecule has 1 fully saturated rings. The third-order valence-electron chi connectivity index (χ3n) is 5.76. The molecular formula is C24H25N3O2S. The average Bonchev–Trinajstić information content (AvgIpc) is 3.34. The largest absolute Gasteiger partial charge is 0.359 e. The van der Waals surface area contributed by atoms with Crippen molar-refractivity contribution in [2.45, 2.75) is 19.3 Å². The van der Waals surface area contributed by atoms with Crippen molar-refractivity contribution >= 4 is 23.2 Å². The number of piperidine rings is 1. The number of nitrogens with one attached hydrogen (secondary N) is 1. The normalized spacial score (nSPS) is 18.8. The highest BCUT2D eigenvalue weighted by molar-refractivity contribution is 7.13. The van der Waals surface area contributed by atoms with Gasteiger partial charge in [-0.25, -0.2) is 0 Å². The number of likely N-dealkylation sites (tertiary alicyclic amines) is 1. The van der Waals surface area contributed by atoms with Gasteiger partial charge in [0.15, 0.2) is 0 Å². The Kier molecular flexibility index (Phi) is 5.95. The van der Waals surface area contributed by atoms with E-state index in [0.29, 0.717) is 25.2 Å². The second-order valence-electron chi connectivity index (χ2n) is 7.76. The van der Waals surface area contributed by atoms with Crippen LogP contribution in [0.1, 0.15) is 28.9 Å². The predicted octanol–water partition coefficient (Wildman–Crippen LogP) is 4.02. The average molecular weight is 420 g/mol. The van der Waals surface area contributed by atoms with Crippen molar-refractivity contribution in [1.82, 2.24) is 15.2 Å². The van der Waals surface area contributed by atoms with Crippen molar-refractivity contribution in [2.24, 2.45) is 5.41 Å². The van der Waals surface area contributed by atoms with Crippen LogP contribution in [0.3, 0.4) is 0 Å². The van der Waals surface area contributed by atoms with Crippen LogP contribution in [0, 0.1) is 5.41 Å². The van der Waals surface area contributed by atoms with E-state index in [0.717, 1.165) is 18.4 Å². The molecule has 0 bridgehead atoms. The predicted molar refractivity (Wildman–Crippen MR) is 119 cm³/mol. The van der Waals surface area contributed by atoms with E-state index in [1.165, 1.54) is 10.4 Å². The maximum atomic E-state index is 13.0. The van der Waals surface area contributed by atoms with E-state index in [4.69, 9.17) is 0 Å². The molecule has 154 valence electrons. The molecule has 3 aromatic rings. The minimum absolute atomic E-state index is 0.0108. The molecule has 4 rings (SSSR count). The van der Waals surface area contributed by atoms with Crippen molar-refractivity contribution in [1.29, 1.82) is 0 Å². The van der Waals surface area contributed by atoms with Gasteiger partial charge in [0.05, 0.1) is 5.41 Å². The third-order valence-corrected chi connectivity index (χ3v) is 6.68. The first kappa shape index (κ1) is 20.3. The molecule has 1 atom stereocenters. The van der Waals surface area contributed by atoms with Gasteiger partial charge in [-0.2, -0.15) is 0 Å². The van der Waals surface area contributed by atoms with Crippen molar-refractivity contribution in [3.63, 3.8) is 0 Å². The highest BCUT2D eigenvalue weighted by atomic mass is 32.1. The quantitative estimate of drug-likeness (QED) is 0.679. The molecule has 1 aliphatic heterocycles. The first-order valence-corrected chi connectivity index (χ1v) is 11.0. The van der Waals surface area contributed by atoms with Crippen LogP contribution in [0.2, 0.25) is 0 Å². The van der Waals surface area contributed by atoms with Crippen LogP contribution in [-0.2, 0) is 11.2 Å². The summed E-state index contributed by atoms with van der Waals surface area (Å²) in [6.45, 7) is 1.04. The second kappa shape index (κ2) is 8.79. The van der Waals surface area contributed by atoms with E-state index in [2.05, 4.69) is 46.0 Å². The van der Waals surface area contributed by atoms with E-state index in [1.807, 2.05) is 12.1 Å². The Labute approximate surface area is 180 Å². The lowest BCUT2D eigenvalue weighted by Crippen LogP contribution is -2.54. The molecule has 30 heavy (non-hydrogen) atoms. The molecule has 1 saturated heterocycles. The topological polar surface area (TPSA) is 62.3 Å². The second-order valence-corrected chi connectivity index (χ2v) is 8.70. The minimum Gasteiger partial charge on any atom is -0.359 e. The zero-order chi connectivity index (χ0) is 21.0. The molecule has 2 aromatic heterocycles. The lowest BCUT2D eigenvalue weighted by atomic mass is 9.74. The Bertz CT molecular complexity index is 1000.